The zero-order chi connectivity index (χ0) is 13.7. The van der Waals surface area contributed by atoms with Crippen molar-refractivity contribution in [1.82, 2.24) is 5.32 Å². The zero-order valence-electron chi connectivity index (χ0n) is 11.5. The molecule has 4 nitrogen and oxygen atoms in total. The Labute approximate surface area is 114 Å². The molecule has 1 saturated carbocycles. The Morgan fingerprint density at radius 1 is 1.47 bits per heavy atom. The molecule has 1 unspecified atom stereocenters. The van der Waals surface area contributed by atoms with Crippen LogP contribution in [0.5, 0.6) is 0 Å². The van der Waals surface area contributed by atoms with Gasteiger partial charge in [0.2, 0.25) is 0 Å². The van der Waals surface area contributed by atoms with Crippen molar-refractivity contribution in [3.8, 4) is 0 Å². The third-order valence-corrected chi connectivity index (χ3v) is 3.79. The lowest BCUT2D eigenvalue weighted by Gasteiger charge is -2.18. The summed E-state index contributed by atoms with van der Waals surface area (Å²) in [7, 11) is 0. The minimum absolute atomic E-state index is 0.174. The van der Waals surface area contributed by atoms with Crippen LogP contribution in [0.1, 0.15) is 43.7 Å². The molecular formula is C15H23N3O. The molecule has 1 aliphatic carbocycles. The van der Waals surface area contributed by atoms with Gasteiger partial charge < -0.3 is 16.3 Å². The molecule has 2 rings (SSSR count). The number of nitrogens with one attached hydrogen (secondary N) is 1. The highest BCUT2D eigenvalue weighted by atomic mass is 16.4. The maximum absolute atomic E-state index is 8.81. The third-order valence-electron chi connectivity index (χ3n) is 3.79. The fourth-order valence-corrected chi connectivity index (χ4v) is 2.38. The van der Waals surface area contributed by atoms with Crippen LogP contribution in [0, 0.1) is 5.92 Å². The molecular weight excluding hydrogens is 238 g/mol. The van der Waals surface area contributed by atoms with Gasteiger partial charge in [-0.3, -0.25) is 0 Å². The number of amidine groups is 1. The van der Waals surface area contributed by atoms with E-state index in [1.807, 2.05) is 24.3 Å². The lowest BCUT2D eigenvalue weighted by Crippen LogP contribution is -2.29. The quantitative estimate of drug-likeness (QED) is 0.305. The van der Waals surface area contributed by atoms with E-state index in [9.17, 15) is 0 Å². The molecule has 1 aromatic rings. The second-order valence-corrected chi connectivity index (χ2v) is 5.31. The Morgan fingerprint density at radius 3 is 2.84 bits per heavy atom. The van der Waals surface area contributed by atoms with Crippen molar-refractivity contribution in [2.24, 2.45) is 16.8 Å². The summed E-state index contributed by atoms with van der Waals surface area (Å²) in [5, 5.41) is 15.5. The molecule has 1 aromatic carbocycles. The van der Waals surface area contributed by atoms with Gasteiger partial charge in [0.25, 0.3) is 0 Å². The Morgan fingerprint density at radius 2 is 2.21 bits per heavy atom. The summed E-state index contributed by atoms with van der Waals surface area (Å²) >= 11 is 0. The van der Waals surface area contributed by atoms with Crippen LogP contribution < -0.4 is 11.1 Å². The maximum atomic E-state index is 8.81. The van der Waals surface area contributed by atoms with Crippen LogP contribution >= 0.6 is 0 Å². The van der Waals surface area contributed by atoms with E-state index in [1.165, 1.54) is 19.3 Å². The molecule has 0 radical (unpaired) electrons. The Bertz CT molecular complexity index is 441. The van der Waals surface area contributed by atoms with E-state index >= 15 is 0 Å². The minimum atomic E-state index is 0.174. The highest BCUT2D eigenvalue weighted by Gasteiger charge is 2.24. The van der Waals surface area contributed by atoms with Crippen molar-refractivity contribution in [1.29, 1.82) is 0 Å². The summed E-state index contributed by atoms with van der Waals surface area (Å²) in [4.78, 5) is 0. The van der Waals surface area contributed by atoms with Gasteiger partial charge in [-0.25, -0.2) is 0 Å². The maximum Gasteiger partial charge on any atom is 0.170 e. The van der Waals surface area contributed by atoms with Crippen molar-refractivity contribution in [3.63, 3.8) is 0 Å². The summed E-state index contributed by atoms with van der Waals surface area (Å²) in [5.41, 5.74) is 7.58. The summed E-state index contributed by atoms with van der Waals surface area (Å²) in [5.74, 6) is 1.10. The van der Waals surface area contributed by atoms with Crippen LogP contribution in [-0.2, 0) is 6.54 Å². The van der Waals surface area contributed by atoms with Gasteiger partial charge in [-0.05, 0) is 24.3 Å². The van der Waals surface area contributed by atoms with Crippen molar-refractivity contribution in [2.75, 3.05) is 0 Å². The van der Waals surface area contributed by atoms with E-state index in [0.717, 1.165) is 30.0 Å². The fourth-order valence-electron chi connectivity index (χ4n) is 2.38. The predicted molar refractivity (Wildman–Crippen MR) is 77.2 cm³/mol. The molecule has 19 heavy (non-hydrogen) atoms. The molecule has 1 fully saturated rings. The monoisotopic (exact) mass is 261 g/mol. The average Bonchev–Trinajstić information content (AvgIpc) is 3.26. The van der Waals surface area contributed by atoms with Crippen LogP contribution in [-0.4, -0.2) is 17.1 Å². The SMILES string of the molecule is CCC(CC1CC1)NCc1ccccc1C(N)=NO. The standard InChI is InChI=1S/C15H23N3O/c1-2-13(9-11-7-8-11)17-10-12-5-3-4-6-14(12)15(16)18-19/h3-6,11,13,17,19H,2,7-10H2,1H3,(H2,16,18). The second-order valence-electron chi connectivity index (χ2n) is 5.31. The number of nitrogens with zero attached hydrogens (tertiary/aromatic N) is 1. The van der Waals surface area contributed by atoms with Gasteiger partial charge in [-0.1, -0.05) is 49.2 Å². The van der Waals surface area contributed by atoms with Gasteiger partial charge in [0.1, 0.15) is 0 Å². The van der Waals surface area contributed by atoms with Crippen LogP contribution in [0.25, 0.3) is 0 Å². The minimum Gasteiger partial charge on any atom is -0.409 e. The normalized spacial score (nSPS) is 17.4. The predicted octanol–water partition coefficient (Wildman–Crippen LogP) is 2.45. The van der Waals surface area contributed by atoms with Crippen LogP contribution in [0.2, 0.25) is 0 Å². The van der Waals surface area contributed by atoms with Crippen LogP contribution in [0.4, 0.5) is 0 Å². The zero-order valence-corrected chi connectivity index (χ0v) is 11.5. The average molecular weight is 261 g/mol. The summed E-state index contributed by atoms with van der Waals surface area (Å²) < 4.78 is 0. The molecule has 4 N–H and O–H groups in total. The van der Waals surface area contributed by atoms with E-state index in [-0.39, 0.29) is 5.84 Å². The highest BCUT2D eigenvalue weighted by molar-refractivity contribution is 5.98. The van der Waals surface area contributed by atoms with Crippen molar-refractivity contribution in [3.05, 3.63) is 35.4 Å². The number of nitrogens with two attached hydrogens (primary N) is 1. The smallest absolute Gasteiger partial charge is 0.170 e. The summed E-state index contributed by atoms with van der Waals surface area (Å²) in [6.45, 7) is 2.98. The van der Waals surface area contributed by atoms with E-state index < -0.39 is 0 Å². The first kappa shape index (κ1) is 13.9. The van der Waals surface area contributed by atoms with E-state index in [0.29, 0.717) is 6.04 Å². The molecule has 0 spiro atoms. The molecule has 0 saturated heterocycles. The molecule has 1 aliphatic rings. The third kappa shape index (κ3) is 3.96. The van der Waals surface area contributed by atoms with Crippen molar-refractivity contribution < 1.29 is 5.21 Å². The molecule has 4 heteroatoms. The molecule has 0 bridgehead atoms. The van der Waals surface area contributed by atoms with Gasteiger partial charge in [-0.2, -0.15) is 0 Å². The number of rotatable bonds is 7. The Hall–Kier alpha value is -1.55. The van der Waals surface area contributed by atoms with Crippen LogP contribution in [0.3, 0.4) is 0 Å². The number of benzene rings is 1. The molecule has 0 amide bonds. The molecule has 0 heterocycles. The Kier molecular flexibility index (Phi) is 4.80. The van der Waals surface area contributed by atoms with Crippen molar-refractivity contribution in [2.45, 2.75) is 45.2 Å². The number of oxime groups is 1. The largest absolute Gasteiger partial charge is 0.409 e. The number of hydrogen-bond donors (Lipinski definition) is 3. The summed E-state index contributed by atoms with van der Waals surface area (Å²) in [6.07, 6.45) is 5.18. The number of hydrogen-bond acceptors (Lipinski definition) is 3. The molecule has 0 aromatic heterocycles. The lowest BCUT2D eigenvalue weighted by atomic mass is 10.0. The molecule has 0 aliphatic heterocycles. The highest BCUT2D eigenvalue weighted by Crippen LogP contribution is 2.34. The summed E-state index contributed by atoms with van der Waals surface area (Å²) in [6, 6.07) is 8.34. The Balaban J connectivity index is 1.97. The first-order valence-corrected chi connectivity index (χ1v) is 7.03. The molecule has 104 valence electrons. The lowest BCUT2D eigenvalue weighted by molar-refractivity contribution is 0.318. The first-order chi connectivity index (χ1) is 9.24. The second kappa shape index (κ2) is 6.57. The van der Waals surface area contributed by atoms with E-state index in [4.69, 9.17) is 10.9 Å². The van der Waals surface area contributed by atoms with Gasteiger partial charge in [-0.15, -0.1) is 0 Å². The molecule has 1 atom stereocenters. The fraction of sp³-hybridized carbons (Fsp3) is 0.533. The van der Waals surface area contributed by atoms with Gasteiger partial charge in [0, 0.05) is 18.2 Å². The topological polar surface area (TPSA) is 70.6 Å². The van der Waals surface area contributed by atoms with Gasteiger partial charge >= 0.3 is 0 Å². The van der Waals surface area contributed by atoms with Gasteiger partial charge in [0.05, 0.1) is 0 Å². The van der Waals surface area contributed by atoms with E-state index in [2.05, 4.69) is 17.4 Å². The van der Waals surface area contributed by atoms with Gasteiger partial charge in [0.15, 0.2) is 5.84 Å². The van der Waals surface area contributed by atoms with Crippen LogP contribution in [0.15, 0.2) is 29.4 Å². The van der Waals surface area contributed by atoms with E-state index in [1.54, 1.807) is 0 Å². The van der Waals surface area contributed by atoms with Crippen molar-refractivity contribution >= 4 is 5.84 Å². The first-order valence-electron chi connectivity index (χ1n) is 7.03.